The van der Waals surface area contributed by atoms with Gasteiger partial charge >= 0.3 is 11.6 Å². The summed E-state index contributed by atoms with van der Waals surface area (Å²) in [6.45, 7) is 0. The van der Waals surface area contributed by atoms with Crippen LogP contribution < -0.4 is 10.1 Å². The molecule has 1 aromatic carbocycles. The number of rotatable bonds is 5. The fraction of sp³-hybridized carbons (Fsp3) is 0.0909. The molecule has 2 aromatic rings. The Morgan fingerprint density at radius 2 is 2.04 bits per heavy atom. The van der Waals surface area contributed by atoms with Gasteiger partial charge in [0.2, 0.25) is 5.69 Å². The number of aromatic nitrogens is 2. The lowest BCUT2D eigenvalue weighted by molar-refractivity contribution is -0.386. The largest absolute Gasteiger partial charge is 0.506 e. The molecule has 1 amide bonds. The number of nitrogens with zero attached hydrogens (tertiary/aromatic N) is 3. The topological polar surface area (TPSA) is 174 Å². The third-order valence-corrected chi connectivity index (χ3v) is 2.75. The summed E-state index contributed by atoms with van der Waals surface area (Å²) in [5.41, 5.74) is -1.71. The minimum atomic E-state index is -0.975. The zero-order valence-electron chi connectivity index (χ0n) is 11.5. The highest BCUT2D eigenvalue weighted by atomic mass is 16.6. The fourth-order valence-electron chi connectivity index (χ4n) is 1.71. The molecule has 0 saturated carbocycles. The molecule has 0 spiro atoms. The summed E-state index contributed by atoms with van der Waals surface area (Å²) in [6, 6.07) is 2.97. The van der Waals surface area contributed by atoms with Crippen molar-refractivity contribution < 1.29 is 24.5 Å². The van der Waals surface area contributed by atoms with Gasteiger partial charge in [0.05, 0.1) is 28.7 Å². The van der Waals surface area contributed by atoms with E-state index in [1.807, 2.05) is 0 Å². The van der Waals surface area contributed by atoms with Crippen molar-refractivity contribution in [2.75, 3.05) is 12.4 Å². The van der Waals surface area contributed by atoms with Gasteiger partial charge in [-0.2, -0.15) is 0 Å². The number of aromatic hydroxyl groups is 1. The van der Waals surface area contributed by atoms with Crippen molar-refractivity contribution in [1.82, 2.24) is 10.2 Å². The third kappa shape index (κ3) is 2.99. The molecule has 0 fully saturated rings. The lowest BCUT2D eigenvalue weighted by Crippen LogP contribution is -2.14. The number of phenols is 1. The number of aromatic amines is 1. The van der Waals surface area contributed by atoms with Crippen LogP contribution in [0.2, 0.25) is 0 Å². The average molecular weight is 323 g/mol. The normalized spacial score (nSPS) is 10.1. The first-order valence-electron chi connectivity index (χ1n) is 5.90. The van der Waals surface area contributed by atoms with E-state index in [9.17, 15) is 30.1 Å². The van der Waals surface area contributed by atoms with E-state index in [2.05, 4.69) is 20.3 Å². The van der Waals surface area contributed by atoms with Gasteiger partial charge in [0.1, 0.15) is 5.75 Å². The van der Waals surface area contributed by atoms with E-state index in [1.54, 1.807) is 0 Å². The van der Waals surface area contributed by atoms with Gasteiger partial charge in [-0.15, -0.1) is 5.10 Å². The summed E-state index contributed by atoms with van der Waals surface area (Å²) in [7, 11) is 1.15. The van der Waals surface area contributed by atoms with E-state index in [4.69, 9.17) is 0 Å². The predicted molar refractivity (Wildman–Crippen MR) is 74.5 cm³/mol. The summed E-state index contributed by atoms with van der Waals surface area (Å²) in [6.07, 6.45) is 0. The number of carbonyl (C=O) groups is 1. The molecule has 120 valence electrons. The number of phenolic OH excluding ortho intramolecular Hbond substituents is 1. The minimum Gasteiger partial charge on any atom is -0.506 e. The fourth-order valence-corrected chi connectivity index (χ4v) is 1.71. The van der Waals surface area contributed by atoms with Crippen LogP contribution in [-0.4, -0.2) is 38.2 Å². The van der Waals surface area contributed by atoms with E-state index in [1.165, 1.54) is 0 Å². The van der Waals surface area contributed by atoms with Crippen molar-refractivity contribution in [3.63, 3.8) is 0 Å². The summed E-state index contributed by atoms with van der Waals surface area (Å²) in [4.78, 5) is 32.0. The maximum absolute atomic E-state index is 12.1. The molecule has 0 aliphatic rings. The smallest absolute Gasteiger partial charge is 0.362 e. The number of anilines is 1. The van der Waals surface area contributed by atoms with Gasteiger partial charge in [0, 0.05) is 6.07 Å². The molecule has 0 aliphatic heterocycles. The number of ether oxygens (including phenoxy) is 1. The second kappa shape index (κ2) is 5.97. The van der Waals surface area contributed by atoms with E-state index in [-0.39, 0.29) is 17.3 Å². The predicted octanol–water partition coefficient (Wildman–Crippen LogP) is 1.19. The molecule has 0 aliphatic carbocycles. The summed E-state index contributed by atoms with van der Waals surface area (Å²) < 4.78 is 4.67. The quantitative estimate of drug-likeness (QED) is 0.417. The van der Waals surface area contributed by atoms with E-state index < -0.39 is 32.9 Å². The van der Waals surface area contributed by atoms with Gasteiger partial charge in [-0.1, -0.05) is 0 Å². The molecule has 2 rings (SSSR count). The molecule has 1 heterocycles. The van der Waals surface area contributed by atoms with Crippen LogP contribution in [0.5, 0.6) is 11.6 Å². The van der Waals surface area contributed by atoms with E-state index in [0.29, 0.717) is 0 Å². The number of benzene rings is 1. The maximum Gasteiger partial charge on any atom is 0.362 e. The highest BCUT2D eigenvalue weighted by Crippen LogP contribution is 2.31. The number of carbonyl (C=O) groups excluding carboxylic acids is 1. The molecule has 3 N–H and O–H groups in total. The van der Waals surface area contributed by atoms with Crippen molar-refractivity contribution in [3.8, 4) is 11.6 Å². The number of methoxy groups -OCH3 is 1. The number of hydrogen-bond acceptors (Lipinski definition) is 8. The number of nitro groups is 2. The third-order valence-electron chi connectivity index (χ3n) is 2.75. The number of amides is 1. The molecule has 12 heteroatoms. The standard InChI is InChI=1S/C11H9N5O7/c1-23-11-9(16(21)22)8(13-14-11)10(18)12-6-3-2-5(15(19)20)4-7(6)17/h2-4,17H,1H3,(H,12,18)(H,13,14). The zero-order valence-corrected chi connectivity index (χ0v) is 11.5. The first-order valence-corrected chi connectivity index (χ1v) is 5.90. The Morgan fingerprint density at radius 1 is 1.35 bits per heavy atom. The van der Waals surface area contributed by atoms with Crippen molar-refractivity contribution in [2.45, 2.75) is 0 Å². The van der Waals surface area contributed by atoms with Crippen LogP contribution >= 0.6 is 0 Å². The highest BCUT2D eigenvalue weighted by Gasteiger charge is 2.30. The SMILES string of the molecule is COc1n[nH]c(C(=O)Nc2ccc([N+](=O)[O-])cc2O)c1[N+](=O)[O-]. The molecule has 0 bridgehead atoms. The Balaban J connectivity index is 2.31. The van der Waals surface area contributed by atoms with Crippen LogP contribution in [-0.2, 0) is 0 Å². The molecule has 0 saturated heterocycles. The number of nitro benzene ring substituents is 1. The van der Waals surface area contributed by atoms with Gasteiger partial charge in [-0.05, 0) is 6.07 Å². The first-order chi connectivity index (χ1) is 10.8. The van der Waals surface area contributed by atoms with Gasteiger partial charge in [0.25, 0.3) is 11.6 Å². The number of H-pyrrole nitrogens is 1. The van der Waals surface area contributed by atoms with Crippen LogP contribution in [0.15, 0.2) is 18.2 Å². The van der Waals surface area contributed by atoms with Crippen molar-refractivity contribution >= 4 is 23.0 Å². The maximum atomic E-state index is 12.1. The summed E-state index contributed by atoms with van der Waals surface area (Å²) in [5, 5.41) is 39.0. The molecule has 12 nitrogen and oxygen atoms in total. The van der Waals surface area contributed by atoms with Crippen LogP contribution in [0.25, 0.3) is 0 Å². The Labute approximate surface area is 127 Å². The Bertz CT molecular complexity index is 800. The van der Waals surface area contributed by atoms with E-state index >= 15 is 0 Å². The molecular weight excluding hydrogens is 314 g/mol. The number of non-ortho nitro benzene ring substituents is 1. The second-order valence-corrected chi connectivity index (χ2v) is 4.13. The monoisotopic (exact) mass is 323 g/mol. The average Bonchev–Trinajstić information content (AvgIpc) is 2.93. The Morgan fingerprint density at radius 3 is 2.57 bits per heavy atom. The first kappa shape index (κ1) is 15.7. The molecule has 23 heavy (non-hydrogen) atoms. The lowest BCUT2D eigenvalue weighted by Gasteiger charge is -2.05. The molecule has 0 atom stereocenters. The summed E-state index contributed by atoms with van der Waals surface area (Å²) >= 11 is 0. The van der Waals surface area contributed by atoms with Crippen LogP contribution in [0, 0.1) is 20.2 Å². The Hall–Kier alpha value is -3.70. The molecule has 1 aromatic heterocycles. The van der Waals surface area contributed by atoms with Crippen LogP contribution in [0.4, 0.5) is 17.1 Å². The van der Waals surface area contributed by atoms with Crippen LogP contribution in [0.1, 0.15) is 10.5 Å². The van der Waals surface area contributed by atoms with Crippen molar-refractivity contribution in [2.24, 2.45) is 0 Å². The van der Waals surface area contributed by atoms with Crippen LogP contribution in [0.3, 0.4) is 0 Å². The minimum absolute atomic E-state index is 0.163. The highest BCUT2D eigenvalue weighted by molar-refractivity contribution is 6.06. The number of hydrogen-bond donors (Lipinski definition) is 3. The van der Waals surface area contributed by atoms with Gasteiger partial charge < -0.3 is 15.2 Å². The van der Waals surface area contributed by atoms with Crippen molar-refractivity contribution in [3.05, 3.63) is 44.1 Å². The molecular formula is C11H9N5O7. The zero-order chi connectivity index (χ0) is 17.1. The second-order valence-electron chi connectivity index (χ2n) is 4.13. The van der Waals surface area contributed by atoms with Crippen molar-refractivity contribution in [1.29, 1.82) is 0 Å². The Kier molecular flexibility index (Phi) is 4.07. The summed E-state index contributed by atoms with van der Waals surface area (Å²) in [5.74, 6) is -1.92. The van der Waals surface area contributed by atoms with Gasteiger partial charge in [-0.25, -0.2) is 0 Å². The molecule has 0 radical (unpaired) electrons. The molecule has 0 unspecified atom stereocenters. The van der Waals surface area contributed by atoms with E-state index in [0.717, 1.165) is 25.3 Å². The number of nitrogens with one attached hydrogen (secondary N) is 2. The van der Waals surface area contributed by atoms with Gasteiger partial charge in [0.15, 0.2) is 0 Å². The van der Waals surface area contributed by atoms with Gasteiger partial charge in [-0.3, -0.25) is 30.1 Å². The lowest BCUT2D eigenvalue weighted by atomic mass is 10.2.